The van der Waals surface area contributed by atoms with Crippen molar-refractivity contribution in [3.05, 3.63) is 52.8 Å². The van der Waals surface area contributed by atoms with Gasteiger partial charge in [-0.15, -0.1) is 12.4 Å². The number of hydrogen-bond acceptors (Lipinski definition) is 3. The molecule has 2 aromatic rings. The van der Waals surface area contributed by atoms with Gasteiger partial charge >= 0.3 is 0 Å². The summed E-state index contributed by atoms with van der Waals surface area (Å²) in [5.74, 6) is -0.0504. The highest BCUT2D eigenvalue weighted by Gasteiger charge is 2.42. The van der Waals surface area contributed by atoms with Crippen LogP contribution in [0.5, 0.6) is 0 Å². The first-order valence-corrected chi connectivity index (χ1v) is 8.35. The first kappa shape index (κ1) is 17.0. The van der Waals surface area contributed by atoms with Crippen molar-refractivity contribution in [1.29, 1.82) is 0 Å². The van der Waals surface area contributed by atoms with E-state index in [0.29, 0.717) is 5.69 Å². The molecular weight excluding hydrogens is 324 g/mol. The highest BCUT2D eigenvalue weighted by molar-refractivity contribution is 5.94. The van der Waals surface area contributed by atoms with Crippen LogP contribution in [-0.4, -0.2) is 29.2 Å². The molecule has 24 heavy (non-hydrogen) atoms. The summed E-state index contributed by atoms with van der Waals surface area (Å²) in [6.07, 6.45) is 4.31. The van der Waals surface area contributed by atoms with E-state index in [1.807, 2.05) is 6.07 Å². The van der Waals surface area contributed by atoms with E-state index in [1.165, 1.54) is 18.4 Å². The number of halogens is 1. The highest BCUT2D eigenvalue weighted by Crippen LogP contribution is 2.47. The molecule has 0 unspecified atom stereocenters. The zero-order chi connectivity index (χ0) is 15.7. The number of carbonyl (C=O) groups excluding carboxylic acids is 1. The van der Waals surface area contributed by atoms with Gasteiger partial charge in [0.1, 0.15) is 0 Å². The Bertz CT molecular complexity index is 709. The number of fused-ring (bicyclic) bond motifs is 1. The van der Waals surface area contributed by atoms with Gasteiger partial charge in [0.15, 0.2) is 5.69 Å². The summed E-state index contributed by atoms with van der Waals surface area (Å²) in [4.78, 5) is 12.5. The molecule has 1 saturated carbocycles. The van der Waals surface area contributed by atoms with Crippen molar-refractivity contribution in [1.82, 2.24) is 20.8 Å². The molecule has 0 radical (unpaired) electrons. The first-order chi connectivity index (χ1) is 11.3. The maximum Gasteiger partial charge on any atom is 0.272 e. The number of hydrogen-bond donors (Lipinski definition) is 3. The Morgan fingerprint density at radius 1 is 1.25 bits per heavy atom. The number of aromatic amines is 1. The van der Waals surface area contributed by atoms with Gasteiger partial charge in [-0.3, -0.25) is 9.89 Å². The van der Waals surface area contributed by atoms with E-state index in [-0.39, 0.29) is 23.7 Å². The van der Waals surface area contributed by atoms with Gasteiger partial charge in [-0.25, -0.2) is 0 Å². The topological polar surface area (TPSA) is 69.8 Å². The van der Waals surface area contributed by atoms with Crippen molar-refractivity contribution >= 4 is 18.3 Å². The minimum atomic E-state index is -0.0504. The van der Waals surface area contributed by atoms with Gasteiger partial charge in [0.25, 0.3) is 5.91 Å². The largest absolute Gasteiger partial charge is 0.350 e. The normalized spacial score (nSPS) is 17.5. The lowest BCUT2D eigenvalue weighted by Gasteiger charge is -2.17. The summed E-state index contributed by atoms with van der Waals surface area (Å²) in [6.45, 7) is 2.40. The van der Waals surface area contributed by atoms with E-state index >= 15 is 0 Å². The molecule has 1 amide bonds. The van der Waals surface area contributed by atoms with Gasteiger partial charge in [-0.1, -0.05) is 30.3 Å². The number of benzene rings is 1. The molecule has 1 aliphatic carbocycles. The average Bonchev–Trinajstić information content (AvgIpc) is 3.21. The molecule has 1 fully saturated rings. The number of carbonyl (C=O) groups is 1. The SMILES string of the molecule is Cl.O=C(NCC1(Cc2ccccc2)CC1)c1n[nH]c2c1CNCC2. The zero-order valence-corrected chi connectivity index (χ0v) is 14.4. The Labute approximate surface area is 148 Å². The summed E-state index contributed by atoms with van der Waals surface area (Å²) in [6, 6.07) is 10.5. The van der Waals surface area contributed by atoms with Crippen molar-refractivity contribution in [3.63, 3.8) is 0 Å². The third kappa shape index (κ3) is 3.47. The molecule has 128 valence electrons. The summed E-state index contributed by atoms with van der Waals surface area (Å²) >= 11 is 0. The lowest BCUT2D eigenvalue weighted by Crippen LogP contribution is -2.33. The number of rotatable bonds is 5. The minimum Gasteiger partial charge on any atom is -0.350 e. The van der Waals surface area contributed by atoms with Gasteiger partial charge in [0.2, 0.25) is 0 Å². The molecule has 2 heterocycles. The highest BCUT2D eigenvalue weighted by atomic mass is 35.5. The van der Waals surface area contributed by atoms with Crippen LogP contribution >= 0.6 is 12.4 Å². The maximum absolute atomic E-state index is 12.5. The van der Waals surface area contributed by atoms with E-state index in [1.54, 1.807) is 0 Å². The van der Waals surface area contributed by atoms with Crippen molar-refractivity contribution in [2.45, 2.75) is 32.2 Å². The lowest BCUT2D eigenvalue weighted by molar-refractivity contribution is 0.0938. The Hall–Kier alpha value is -1.85. The molecule has 0 spiro atoms. The van der Waals surface area contributed by atoms with Gasteiger partial charge in [0, 0.05) is 37.3 Å². The molecule has 2 aliphatic rings. The number of amides is 1. The van der Waals surface area contributed by atoms with Gasteiger partial charge in [0.05, 0.1) is 0 Å². The minimum absolute atomic E-state index is 0. The van der Waals surface area contributed by atoms with Crippen LogP contribution in [0.4, 0.5) is 0 Å². The number of nitrogens with one attached hydrogen (secondary N) is 3. The van der Waals surface area contributed by atoms with E-state index in [9.17, 15) is 4.79 Å². The quantitative estimate of drug-likeness (QED) is 0.777. The summed E-state index contributed by atoms with van der Waals surface area (Å²) < 4.78 is 0. The summed E-state index contributed by atoms with van der Waals surface area (Å²) in [7, 11) is 0. The molecule has 1 aliphatic heterocycles. The molecular formula is C18H23ClN4O. The van der Waals surface area contributed by atoms with Crippen LogP contribution in [0.2, 0.25) is 0 Å². The zero-order valence-electron chi connectivity index (χ0n) is 13.6. The third-order valence-electron chi connectivity index (χ3n) is 5.02. The van der Waals surface area contributed by atoms with Gasteiger partial charge < -0.3 is 10.6 Å². The maximum atomic E-state index is 12.5. The van der Waals surface area contributed by atoms with Crippen molar-refractivity contribution in [2.75, 3.05) is 13.1 Å². The van der Waals surface area contributed by atoms with Crippen molar-refractivity contribution in [2.24, 2.45) is 5.41 Å². The van der Waals surface area contributed by atoms with Crippen molar-refractivity contribution < 1.29 is 4.79 Å². The number of H-pyrrole nitrogens is 1. The Kier molecular flexibility index (Phi) is 4.92. The van der Waals surface area contributed by atoms with Gasteiger partial charge in [-0.05, 0) is 30.2 Å². The molecule has 6 heteroatoms. The Balaban J connectivity index is 0.00000169. The molecule has 3 N–H and O–H groups in total. The smallest absolute Gasteiger partial charge is 0.272 e. The monoisotopic (exact) mass is 346 g/mol. The van der Waals surface area contributed by atoms with E-state index in [0.717, 1.165) is 43.7 Å². The summed E-state index contributed by atoms with van der Waals surface area (Å²) in [5, 5.41) is 13.6. The first-order valence-electron chi connectivity index (χ1n) is 8.35. The summed E-state index contributed by atoms with van der Waals surface area (Å²) in [5.41, 5.74) is 4.27. The Morgan fingerprint density at radius 2 is 2.04 bits per heavy atom. The molecule has 1 aromatic carbocycles. The van der Waals surface area contributed by atoms with Crippen molar-refractivity contribution in [3.8, 4) is 0 Å². The van der Waals surface area contributed by atoms with Crippen LogP contribution < -0.4 is 10.6 Å². The molecule has 5 nitrogen and oxygen atoms in total. The fourth-order valence-electron chi connectivity index (χ4n) is 3.39. The predicted molar refractivity (Wildman–Crippen MR) is 95.4 cm³/mol. The van der Waals surface area contributed by atoms with Crippen LogP contribution in [-0.2, 0) is 19.4 Å². The van der Waals surface area contributed by atoms with E-state index in [4.69, 9.17) is 0 Å². The fourth-order valence-corrected chi connectivity index (χ4v) is 3.39. The molecule has 0 bridgehead atoms. The van der Waals surface area contributed by atoms with E-state index < -0.39 is 0 Å². The third-order valence-corrected chi connectivity index (χ3v) is 5.02. The standard InChI is InChI=1S/C18H22N4O.ClH/c23-17(16-14-11-19-9-6-15(14)21-22-16)20-12-18(7-8-18)10-13-4-2-1-3-5-13;/h1-5,19H,6-12H2,(H,20,23)(H,21,22);1H. The number of aromatic nitrogens is 2. The molecule has 4 rings (SSSR count). The second-order valence-electron chi connectivity index (χ2n) is 6.80. The molecule has 0 atom stereocenters. The van der Waals surface area contributed by atoms with Crippen LogP contribution in [0.3, 0.4) is 0 Å². The second kappa shape index (κ2) is 6.95. The second-order valence-corrected chi connectivity index (χ2v) is 6.80. The van der Waals surface area contributed by atoms with Crippen LogP contribution in [0.25, 0.3) is 0 Å². The van der Waals surface area contributed by atoms with E-state index in [2.05, 4.69) is 45.1 Å². The van der Waals surface area contributed by atoms with Crippen LogP contribution in [0.1, 0.15) is 40.2 Å². The number of nitrogens with zero attached hydrogens (tertiary/aromatic N) is 1. The average molecular weight is 347 g/mol. The van der Waals surface area contributed by atoms with Gasteiger partial charge in [-0.2, -0.15) is 5.10 Å². The molecule has 1 aromatic heterocycles. The fraction of sp³-hybridized carbons (Fsp3) is 0.444. The predicted octanol–water partition coefficient (Wildman–Crippen LogP) is 2.23. The molecule has 0 saturated heterocycles. The Morgan fingerprint density at radius 3 is 2.79 bits per heavy atom. The lowest BCUT2D eigenvalue weighted by atomic mass is 9.96. The van der Waals surface area contributed by atoms with Crippen LogP contribution in [0.15, 0.2) is 30.3 Å². The van der Waals surface area contributed by atoms with Crippen LogP contribution in [0, 0.1) is 5.41 Å².